The summed E-state index contributed by atoms with van der Waals surface area (Å²) in [5, 5.41) is 0. The number of esters is 2. The van der Waals surface area contributed by atoms with E-state index < -0.39 is 17.4 Å². The first-order chi connectivity index (χ1) is 8.97. The molecule has 0 radical (unpaired) electrons. The summed E-state index contributed by atoms with van der Waals surface area (Å²) < 4.78 is 10.4. The Morgan fingerprint density at radius 1 is 0.950 bits per heavy atom. The van der Waals surface area contributed by atoms with E-state index in [9.17, 15) is 9.59 Å². The van der Waals surface area contributed by atoms with Gasteiger partial charge in [-0.05, 0) is 38.0 Å². The molecule has 0 aromatic heterocycles. The van der Waals surface area contributed by atoms with Gasteiger partial charge in [0, 0.05) is 0 Å². The summed E-state index contributed by atoms with van der Waals surface area (Å²) >= 11 is 0. The molecule has 0 aromatic rings. The zero-order valence-corrected chi connectivity index (χ0v) is 14.0. The van der Waals surface area contributed by atoms with E-state index in [0.29, 0.717) is 12.5 Å². The van der Waals surface area contributed by atoms with Crippen LogP contribution in [0.1, 0.15) is 61.3 Å². The van der Waals surface area contributed by atoms with Crippen molar-refractivity contribution in [1.82, 2.24) is 0 Å². The second-order valence-corrected chi connectivity index (χ2v) is 7.43. The molecule has 0 unspecified atom stereocenters. The molecular formula is C16H30O4. The predicted octanol–water partition coefficient (Wildman–Crippen LogP) is 3.58. The van der Waals surface area contributed by atoms with Gasteiger partial charge in [0.1, 0.15) is 0 Å². The third-order valence-corrected chi connectivity index (χ3v) is 2.82. The molecule has 0 spiro atoms. The lowest BCUT2D eigenvalue weighted by Crippen LogP contribution is -2.38. The Morgan fingerprint density at radius 3 is 1.90 bits per heavy atom. The van der Waals surface area contributed by atoms with Crippen LogP contribution < -0.4 is 0 Å². The fraction of sp³-hybridized carbons (Fsp3) is 0.875. The molecule has 20 heavy (non-hydrogen) atoms. The lowest BCUT2D eigenvalue weighted by atomic mass is 9.93. The monoisotopic (exact) mass is 286 g/mol. The van der Waals surface area contributed by atoms with Crippen molar-refractivity contribution in [2.75, 3.05) is 13.2 Å². The maximum absolute atomic E-state index is 12.0. The third-order valence-electron chi connectivity index (χ3n) is 2.82. The summed E-state index contributed by atoms with van der Waals surface area (Å²) in [6.45, 7) is 13.9. The van der Waals surface area contributed by atoms with Crippen molar-refractivity contribution in [1.29, 1.82) is 0 Å². The van der Waals surface area contributed by atoms with E-state index in [0.717, 1.165) is 12.8 Å². The van der Waals surface area contributed by atoms with E-state index in [2.05, 4.69) is 13.8 Å². The highest BCUT2D eigenvalue weighted by Gasteiger charge is 2.39. The Hall–Kier alpha value is -1.06. The molecule has 0 aromatic carbocycles. The molecule has 0 saturated heterocycles. The van der Waals surface area contributed by atoms with E-state index in [1.54, 1.807) is 13.8 Å². The average molecular weight is 286 g/mol. The molecule has 0 saturated carbocycles. The lowest BCUT2D eigenvalue weighted by Gasteiger charge is -2.24. The molecule has 0 aliphatic carbocycles. The second-order valence-electron chi connectivity index (χ2n) is 7.43. The third kappa shape index (κ3) is 7.51. The summed E-state index contributed by atoms with van der Waals surface area (Å²) in [6, 6.07) is 0. The first kappa shape index (κ1) is 18.9. The Kier molecular flexibility index (Phi) is 7.25. The second kappa shape index (κ2) is 7.65. The van der Waals surface area contributed by atoms with Crippen LogP contribution in [0.5, 0.6) is 0 Å². The number of carbonyl (C=O) groups excluding carboxylic acids is 2. The van der Waals surface area contributed by atoms with E-state index >= 15 is 0 Å². The van der Waals surface area contributed by atoms with Gasteiger partial charge in [-0.15, -0.1) is 0 Å². The van der Waals surface area contributed by atoms with Crippen molar-refractivity contribution in [2.24, 2.45) is 16.7 Å². The predicted molar refractivity (Wildman–Crippen MR) is 79.2 cm³/mol. The molecule has 118 valence electrons. The number of ether oxygens (including phenoxy) is 2. The summed E-state index contributed by atoms with van der Waals surface area (Å²) in [5.74, 6) is -0.458. The van der Waals surface area contributed by atoms with Gasteiger partial charge in [0.25, 0.3) is 0 Å². The zero-order valence-electron chi connectivity index (χ0n) is 14.0. The van der Waals surface area contributed by atoms with Crippen LogP contribution in [-0.4, -0.2) is 25.2 Å². The molecule has 4 nitrogen and oxygen atoms in total. The topological polar surface area (TPSA) is 52.6 Å². The average Bonchev–Trinajstić information content (AvgIpc) is 2.29. The van der Waals surface area contributed by atoms with Crippen LogP contribution in [0.15, 0.2) is 0 Å². The Morgan fingerprint density at radius 2 is 1.45 bits per heavy atom. The van der Waals surface area contributed by atoms with E-state index in [1.165, 1.54) is 0 Å². The molecule has 0 amide bonds. The maximum atomic E-state index is 12.0. The Labute approximate surface area is 123 Å². The van der Waals surface area contributed by atoms with Crippen LogP contribution >= 0.6 is 0 Å². The van der Waals surface area contributed by atoms with E-state index in [1.807, 2.05) is 20.8 Å². The molecule has 0 fully saturated rings. The van der Waals surface area contributed by atoms with Gasteiger partial charge < -0.3 is 9.47 Å². The molecule has 0 aliphatic heterocycles. The fourth-order valence-electron chi connectivity index (χ4n) is 1.38. The minimum Gasteiger partial charge on any atom is -0.465 e. The Bertz CT molecular complexity index is 324. The van der Waals surface area contributed by atoms with Gasteiger partial charge in [-0.25, -0.2) is 0 Å². The van der Waals surface area contributed by atoms with Gasteiger partial charge in [-0.2, -0.15) is 0 Å². The number of rotatable bonds is 7. The number of hydrogen-bond donors (Lipinski definition) is 0. The minimum atomic E-state index is -1.25. The largest absolute Gasteiger partial charge is 0.465 e. The van der Waals surface area contributed by atoms with Gasteiger partial charge in [0.05, 0.1) is 13.2 Å². The van der Waals surface area contributed by atoms with Crippen LogP contribution in [-0.2, 0) is 19.1 Å². The normalized spacial score (nSPS) is 12.4. The van der Waals surface area contributed by atoms with E-state index in [4.69, 9.17) is 9.47 Å². The van der Waals surface area contributed by atoms with Gasteiger partial charge in [-0.3, -0.25) is 9.59 Å². The summed E-state index contributed by atoms with van der Waals surface area (Å²) in [6.07, 6.45) is 1.82. The van der Waals surface area contributed by atoms with Crippen molar-refractivity contribution in [3.63, 3.8) is 0 Å². The summed E-state index contributed by atoms with van der Waals surface area (Å²) in [5.41, 5.74) is -1.37. The highest BCUT2D eigenvalue weighted by Crippen LogP contribution is 2.22. The van der Waals surface area contributed by atoms with Crippen LogP contribution in [0, 0.1) is 16.7 Å². The molecule has 0 N–H and O–H groups in total. The van der Waals surface area contributed by atoms with Gasteiger partial charge >= 0.3 is 11.9 Å². The van der Waals surface area contributed by atoms with Crippen LogP contribution in [0.25, 0.3) is 0 Å². The SMILES string of the molecule is CC(C)CCCOC(=O)C(C)(C)C(=O)OCC(C)(C)C. The molecule has 0 aliphatic rings. The number of hydrogen-bond acceptors (Lipinski definition) is 4. The molecule has 0 rings (SSSR count). The van der Waals surface area contributed by atoms with Crippen molar-refractivity contribution in [2.45, 2.75) is 61.3 Å². The highest BCUT2D eigenvalue weighted by molar-refractivity contribution is 5.99. The highest BCUT2D eigenvalue weighted by atomic mass is 16.6. The maximum Gasteiger partial charge on any atom is 0.322 e. The quantitative estimate of drug-likeness (QED) is 0.408. The van der Waals surface area contributed by atoms with Gasteiger partial charge in [0.2, 0.25) is 0 Å². The van der Waals surface area contributed by atoms with Crippen LogP contribution in [0.4, 0.5) is 0 Å². The molecule has 0 heterocycles. The van der Waals surface area contributed by atoms with Crippen LogP contribution in [0.2, 0.25) is 0 Å². The molecular weight excluding hydrogens is 256 g/mol. The van der Waals surface area contributed by atoms with Crippen molar-refractivity contribution in [3.8, 4) is 0 Å². The molecule has 0 bridgehead atoms. The van der Waals surface area contributed by atoms with Gasteiger partial charge in [-0.1, -0.05) is 34.6 Å². The summed E-state index contributed by atoms with van der Waals surface area (Å²) in [7, 11) is 0. The standard InChI is InChI=1S/C16H30O4/c1-12(2)9-8-10-19-13(17)16(6,7)14(18)20-11-15(3,4)5/h12H,8-11H2,1-7H3. The van der Waals surface area contributed by atoms with Crippen molar-refractivity contribution >= 4 is 11.9 Å². The fourth-order valence-corrected chi connectivity index (χ4v) is 1.38. The number of carbonyl (C=O) groups is 2. The minimum absolute atomic E-state index is 0.118. The lowest BCUT2D eigenvalue weighted by molar-refractivity contribution is -0.171. The first-order valence-corrected chi connectivity index (χ1v) is 7.31. The molecule has 4 heteroatoms. The van der Waals surface area contributed by atoms with Gasteiger partial charge in [0.15, 0.2) is 5.41 Å². The smallest absolute Gasteiger partial charge is 0.322 e. The molecule has 0 atom stereocenters. The first-order valence-electron chi connectivity index (χ1n) is 7.31. The Balaban J connectivity index is 4.25. The van der Waals surface area contributed by atoms with E-state index in [-0.39, 0.29) is 12.0 Å². The zero-order chi connectivity index (χ0) is 16.0. The van der Waals surface area contributed by atoms with Crippen molar-refractivity contribution in [3.05, 3.63) is 0 Å². The van der Waals surface area contributed by atoms with Crippen LogP contribution in [0.3, 0.4) is 0 Å². The summed E-state index contributed by atoms with van der Waals surface area (Å²) in [4.78, 5) is 23.9. The van der Waals surface area contributed by atoms with Crippen molar-refractivity contribution < 1.29 is 19.1 Å².